The average molecular weight is 466 g/mol. The lowest BCUT2D eigenvalue weighted by Crippen LogP contribution is -2.27. The van der Waals surface area contributed by atoms with E-state index in [1.807, 2.05) is 0 Å². The van der Waals surface area contributed by atoms with Crippen LogP contribution in [0.3, 0.4) is 0 Å². The Morgan fingerprint density at radius 1 is 0.968 bits per heavy atom. The highest BCUT2D eigenvalue weighted by Crippen LogP contribution is 2.24. The molecule has 10 heteroatoms. The number of carbonyl (C=O) groups is 1. The van der Waals surface area contributed by atoms with Crippen LogP contribution in [0.5, 0.6) is 0 Å². The van der Waals surface area contributed by atoms with E-state index in [1.54, 1.807) is 42.5 Å². The Morgan fingerprint density at radius 3 is 2.19 bits per heavy atom. The molecule has 2 aromatic rings. The minimum atomic E-state index is -3.69. The number of nitrogens with zero attached hydrogens (tertiary/aromatic N) is 2. The largest absolute Gasteiger partial charge is 0.325 e. The Hall–Kier alpha value is -2.27. The Morgan fingerprint density at radius 2 is 1.58 bits per heavy atom. The lowest BCUT2D eigenvalue weighted by molar-refractivity contribution is -0.116. The molecule has 8 nitrogen and oxygen atoms in total. The molecule has 0 saturated carbocycles. The number of sulfonamides is 2. The fourth-order valence-electron chi connectivity index (χ4n) is 3.37. The number of hydrogen-bond donors (Lipinski definition) is 1. The normalized spacial score (nSPS) is 15.3. The highest BCUT2D eigenvalue weighted by atomic mass is 32.2. The lowest BCUT2D eigenvalue weighted by atomic mass is 10.1. The highest BCUT2D eigenvalue weighted by molar-refractivity contribution is 7.89. The fourth-order valence-corrected chi connectivity index (χ4v) is 5.93. The smallest absolute Gasteiger partial charge is 0.244 e. The van der Waals surface area contributed by atoms with Crippen molar-refractivity contribution >= 4 is 31.6 Å². The van der Waals surface area contributed by atoms with E-state index in [4.69, 9.17) is 0 Å². The van der Waals surface area contributed by atoms with Gasteiger partial charge in [0.2, 0.25) is 26.0 Å². The summed E-state index contributed by atoms with van der Waals surface area (Å²) in [6.45, 7) is 1.10. The van der Waals surface area contributed by atoms with Gasteiger partial charge in [-0.05, 0) is 49.1 Å². The van der Waals surface area contributed by atoms with Crippen molar-refractivity contribution in [1.29, 1.82) is 0 Å². The zero-order valence-corrected chi connectivity index (χ0v) is 19.2. The van der Waals surface area contributed by atoms with E-state index in [1.165, 1.54) is 24.5 Å². The Kier molecular flexibility index (Phi) is 7.15. The van der Waals surface area contributed by atoms with E-state index in [-0.39, 0.29) is 27.8 Å². The molecule has 0 unspecified atom stereocenters. The van der Waals surface area contributed by atoms with E-state index in [9.17, 15) is 21.6 Å². The molecule has 31 heavy (non-hydrogen) atoms. The minimum Gasteiger partial charge on any atom is -0.325 e. The maximum atomic E-state index is 12.6. The first-order valence-electron chi connectivity index (χ1n) is 10.0. The maximum Gasteiger partial charge on any atom is 0.244 e. The van der Waals surface area contributed by atoms with Crippen LogP contribution in [-0.2, 0) is 31.3 Å². The molecule has 0 atom stereocenters. The summed E-state index contributed by atoms with van der Waals surface area (Å²) in [6, 6.07) is 12.8. The van der Waals surface area contributed by atoms with Crippen molar-refractivity contribution in [3.8, 4) is 0 Å². The molecule has 1 N–H and O–H groups in total. The van der Waals surface area contributed by atoms with Crippen molar-refractivity contribution in [3.05, 3.63) is 54.1 Å². The number of hydrogen-bond acceptors (Lipinski definition) is 5. The third-order valence-electron chi connectivity index (χ3n) is 5.19. The quantitative estimate of drug-likeness (QED) is 0.644. The van der Waals surface area contributed by atoms with Gasteiger partial charge < -0.3 is 5.32 Å². The molecule has 1 amide bonds. The first-order valence-corrected chi connectivity index (χ1v) is 12.9. The van der Waals surface area contributed by atoms with Crippen LogP contribution < -0.4 is 5.32 Å². The molecule has 168 valence electrons. The Bertz CT molecular complexity index is 1140. The SMILES string of the molecule is CN(C)S(=O)(=O)c1ccccc1NC(=O)CCc1ccc(S(=O)(=O)N2CCCC2)cc1. The molecule has 1 heterocycles. The molecule has 3 rings (SSSR count). The molecular weight excluding hydrogens is 438 g/mol. The molecule has 1 saturated heterocycles. The van der Waals surface area contributed by atoms with Crippen molar-refractivity contribution in [2.24, 2.45) is 0 Å². The standard InChI is InChI=1S/C21H27N3O5S2/c1-23(2)31(28,29)20-8-4-3-7-19(20)22-21(25)14-11-17-9-12-18(13-10-17)30(26,27)24-15-5-6-16-24/h3-4,7-10,12-13H,5-6,11,14-16H2,1-2H3,(H,22,25). The molecule has 1 fully saturated rings. The molecule has 1 aliphatic rings. The van der Waals surface area contributed by atoms with E-state index < -0.39 is 20.0 Å². The molecular formula is C21H27N3O5S2. The topological polar surface area (TPSA) is 104 Å². The number of benzene rings is 2. The van der Waals surface area contributed by atoms with Crippen molar-refractivity contribution in [2.45, 2.75) is 35.5 Å². The Balaban J connectivity index is 1.63. The van der Waals surface area contributed by atoms with E-state index >= 15 is 0 Å². The van der Waals surface area contributed by atoms with Gasteiger partial charge in [-0.3, -0.25) is 4.79 Å². The van der Waals surface area contributed by atoms with Gasteiger partial charge in [-0.15, -0.1) is 0 Å². The van der Waals surface area contributed by atoms with Crippen LogP contribution in [0.15, 0.2) is 58.3 Å². The van der Waals surface area contributed by atoms with Gasteiger partial charge in [-0.1, -0.05) is 24.3 Å². The van der Waals surface area contributed by atoms with Crippen LogP contribution in [0.4, 0.5) is 5.69 Å². The summed E-state index contributed by atoms with van der Waals surface area (Å²) in [6.07, 6.45) is 2.30. The predicted molar refractivity (Wildman–Crippen MR) is 119 cm³/mol. The third-order valence-corrected chi connectivity index (χ3v) is 8.97. The summed E-state index contributed by atoms with van der Waals surface area (Å²) in [5.74, 6) is -0.324. The van der Waals surface area contributed by atoms with Crippen LogP contribution in [-0.4, -0.2) is 58.5 Å². The van der Waals surface area contributed by atoms with Gasteiger partial charge in [0, 0.05) is 33.6 Å². The molecule has 2 aromatic carbocycles. The zero-order chi connectivity index (χ0) is 22.6. The van der Waals surface area contributed by atoms with Gasteiger partial charge in [0.25, 0.3) is 0 Å². The number of amides is 1. The predicted octanol–water partition coefficient (Wildman–Crippen LogP) is 2.29. The maximum absolute atomic E-state index is 12.6. The van der Waals surface area contributed by atoms with Crippen molar-refractivity contribution in [3.63, 3.8) is 0 Å². The summed E-state index contributed by atoms with van der Waals surface area (Å²) >= 11 is 0. The molecule has 0 spiro atoms. The number of aryl methyl sites for hydroxylation is 1. The second-order valence-electron chi connectivity index (χ2n) is 7.59. The van der Waals surface area contributed by atoms with Gasteiger partial charge in [0.15, 0.2) is 0 Å². The van der Waals surface area contributed by atoms with E-state index in [0.29, 0.717) is 19.5 Å². The van der Waals surface area contributed by atoms with Gasteiger partial charge in [-0.2, -0.15) is 4.31 Å². The molecule has 1 aliphatic heterocycles. The van der Waals surface area contributed by atoms with E-state index in [0.717, 1.165) is 22.7 Å². The molecule has 0 radical (unpaired) electrons. The number of anilines is 1. The second kappa shape index (κ2) is 9.47. The van der Waals surface area contributed by atoms with Crippen molar-refractivity contribution in [1.82, 2.24) is 8.61 Å². The second-order valence-corrected chi connectivity index (χ2v) is 11.6. The molecule has 0 aliphatic carbocycles. The van der Waals surface area contributed by atoms with Gasteiger partial charge in [0.1, 0.15) is 4.90 Å². The summed E-state index contributed by atoms with van der Waals surface area (Å²) in [5, 5.41) is 2.67. The van der Waals surface area contributed by atoms with Crippen LogP contribution in [0, 0.1) is 0 Å². The minimum absolute atomic E-state index is 0.0322. The van der Waals surface area contributed by atoms with Gasteiger partial charge >= 0.3 is 0 Å². The Labute approximate surface area is 184 Å². The number of rotatable bonds is 8. The van der Waals surface area contributed by atoms with Gasteiger partial charge in [-0.25, -0.2) is 21.1 Å². The van der Waals surface area contributed by atoms with Crippen molar-refractivity contribution in [2.75, 3.05) is 32.5 Å². The monoisotopic (exact) mass is 465 g/mol. The van der Waals surface area contributed by atoms with Gasteiger partial charge in [0.05, 0.1) is 10.6 Å². The van der Waals surface area contributed by atoms with Crippen LogP contribution >= 0.6 is 0 Å². The van der Waals surface area contributed by atoms with Crippen LogP contribution in [0.25, 0.3) is 0 Å². The summed E-state index contributed by atoms with van der Waals surface area (Å²) < 4.78 is 52.6. The number of nitrogens with one attached hydrogen (secondary N) is 1. The molecule has 0 bridgehead atoms. The van der Waals surface area contributed by atoms with Crippen molar-refractivity contribution < 1.29 is 21.6 Å². The number of carbonyl (C=O) groups excluding carboxylic acids is 1. The summed E-state index contributed by atoms with van der Waals surface area (Å²) in [5.41, 5.74) is 1.05. The van der Waals surface area contributed by atoms with Crippen LogP contribution in [0.2, 0.25) is 0 Å². The van der Waals surface area contributed by atoms with Crippen LogP contribution in [0.1, 0.15) is 24.8 Å². The lowest BCUT2D eigenvalue weighted by Gasteiger charge is -2.16. The zero-order valence-electron chi connectivity index (χ0n) is 17.6. The molecule has 0 aromatic heterocycles. The third kappa shape index (κ3) is 5.32. The highest BCUT2D eigenvalue weighted by Gasteiger charge is 2.27. The first kappa shape index (κ1) is 23.4. The fraction of sp³-hybridized carbons (Fsp3) is 0.381. The first-order chi connectivity index (χ1) is 14.6. The number of para-hydroxylation sites is 1. The average Bonchev–Trinajstić information content (AvgIpc) is 3.28. The summed E-state index contributed by atoms with van der Waals surface area (Å²) in [4.78, 5) is 12.7. The van der Waals surface area contributed by atoms with E-state index in [2.05, 4.69) is 5.32 Å². The summed E-state index contributed by atoms with van der Waals surface area (Å²) in [7, 11) is -4.28.